The van der Waals surface area contributed by atoms with Crippen LogP contribution in [0.1, 0.15) is 20.8 Å². The molecular formula is C9H15IN2O3. The number of nitrogens with one attached hydrogen (secondary N) is 1. The van der Waals surface area contributed by atoms with Crippen LogP contribution in [0.2, 0.25) is 0 Å². The fourth-order valence-electron chi connectivity index (χ4n) is 1.21. The predicted octanol–water partition coefficient (Wildman–Crippen LogP) is 1.75. The first-order valence-corrected chi connectivity index (χ1v) is 5.80. The van der Waals surface area contributed by atoms with Gasteiger partial charge in [-0.3, -0.25) is 4.79 Å². The summed E-state index contributed by atoms with van der Waals surface area (Å²) in [5.74, 6) is 0. The van der Waals surface area contributed by atoms with Gasteiger partial charge in [0, 0.05) is 35.7 Å². The molecule has 5 nitrogen and oxygen atoms in total. The monoisotopic (exact) mass is 326 g/mol. The number of hydrogen-bond acceptors (Lipinski definition) is 3. The van der Waals surface area contributed by atoms with E-state index in [-0.39, 0.29) is 16.0 Å². The number of hydrogen-bond donors (Lipinski definition) is 1. The van der Waals surface area contributed by atoms with Gasteiger partial charge in [0.05, 0.1) is 6.04 Å². The third-order valence-corrected chi connectivity index (χ3v) is 2.16. The van der Waals surface area contributed by atoms with Crippen molar-refractivity contribution in [2.75, 3.05) is 13.1 Å². The first-order chi connectivity index (χ1) is 6.78. The minimum Gasteiger partial charge on any atom is -0.444 e. The molecule has 1 heterocycles. The first-order valence-electron chi connectivity index (χ1n) is 4.72. The van der Waals surface area contributed by atoms with Crippen molar-refractivity contribution < 1.29 is 14.3 Å². The molecule has 86 valence electrons. The largest absolute Gasteiger partial charge is 0.444 e. The first kappa shape index (κ1) is 12.5. The molecule has 0 atom stereocenters. The van der Waals surface area contributed by atoms with E-state index in [1.807, 2.05) is 20.8 Å². The van der Waals surface area contributed by atoms with Crippen molar-refractivity contribution in [3.8, 4) is 0 Å². The second-order valence-corrected chi connectivity index (χ2v) is 5.48. The highest BCUT2D eigenvalue weighted by Gasteiger charge is 2.34. The van der Waals surface area contributed by atoms with E-state index >= 15 is 0 Å². The molecular weight excluding hydrogens is 311 g/mol. The zero-order chi connectivity index (χ0) is 11.6. The Kier molecular flexibility index (Phi) is 3.80. The third kappa shape index (κ3) is 4.23. The van der Waals surface area contributed by atoms with Crippen molar-refractivity contribution in [2.45, 2.75) is 32.4 Å². The van der Waals surface area contributed by atoms with Crippen molar-refractivity contribution in [1.82, 2.24) is 10.2 Å². The maximum atomic E-state index is 11.5. The summed E-state index contributed by atoms with van der Waals surface area (Å²) in [6.07, 6.45) is -0.318. The number of carbonyl (C=O) groups excluding carboxylic acids is 2. The lowest BCUT2D eigenvalue weighted by molar-refractivity contribution is 0.00669. The van der Waals surface area contributed by atoms with E-state index in [4.69, 9.17) is 4.74 Å². The third-order valence-electron chi connectivity index (χ3n) is 1.85. The van der Waals surface area contributed by atoms with E-state index in [1.165, 1.54) is 0 Å². The topological polar surface area (TPSA) is 58.6 Å². The number of nitrogens with zero attached hydrogens (tertiary/aromatic N) is 1. The van der Waals surface area contributed by atoms with E-state index in [1.54, 1.807) is 27.5 Å². The lowest BCUT2D eigenvalue weighted by Gasteiger charge is -2.39. The minimum absolute atomic E-state index is 0.0712. The molecule has 0 aromatic heterocycles. The van der Waals surface area contributed by atoms with Crippen molar-refractivity contribution in [3.63, 3.8) is 0 Å². The van der Waals surface area contributed by atoms with E-state index in [9.17, 15) is 9.59 Å². The fraction of sp³-hybridized carbons (Fsp3) is 0.778. The number of carbonyl (C=O) groups is 2. The van der Waals surface area contributed by atoms with Crippen LogP contribution in [-0.2, 0) is 4.74 Å². The van der Waals surface area contributed by atoms with Crippen molar-refractivity contribution in [1.29, 1.82) is 0 Å². The van der Waals surface area contributed by atoms with Gasteiger partial charge in [0.25, 0.3) is 3.91 Å². The summed E-state index contributed by atoms with van der Waals surface area (Å²) in [6.45, 7) is 6.55. The predicted molar refractivity (Wildman–Crippen MR) is 64.1 cm³/mol. The Bertz CT molecular complexity index is 269. The Morgan fingerprint density at radius 2 is 1.93 bits per heavy atom. The van der Waals surface area contributed by atoms with Crippen molar-refractivity contribution in [3.05, 3.63) is 0 Å². The van der Waals surface area contributed by atoms with Crippen LogP contribution in [0.3, 0.4) is 0 Å². The molecule has 0 saturated carbocycles. The molecule has 0 bridgehead atoms. The average molecular weight is 326 g/mol. The highest BCUT2D eigenvalue weighted by molar-refractivity contribution is 14.1. The molecule has 6 heteroatoms. The van der Waals surface area contributed by atoms with Gasteiger partial charge in [-0.15, -0.1) is 0 Å². The van der Waals surface area contributed by atoms with E-state index < -0.39 is 5.60 Å². The van der Waals surface area contributed by atoms with Crippen LogP contribution < -0.4 is 5.32 Å². The molecule has 0 radical (unpaired) electrons. The minimum atomic E-state index is -0.464. The van der Waals surface area contributed by atoms with Gasteiger partial charge in [0.2, 0.25) is 0 Å². The second kappa shape index (κ2) is 4.54. The van der Waals surface area contributed by atoms with Gasteiger partial charge in [-0.2, -0.15) is 0 Å². The van der Waals surface area contributed by atoms with Crippen molar-refractivity contribution >= 4 is 32.6 Å². The zero-order valence-corrected chi connectivity index (χ0v) is 11.2. The summed E-state index contributed by atoms with van der Waals surface area (Å²) in [7, 11) is 0. The summed E-state index contributed by atoms with van der Waals surface area (Å²) in [6, 6.07) is 0.0712. The van der Waals surface area contributed by atoms with E-state index in [2.05, 4.69) is 5.32 Å². The number of ether oxygens (including phenoxy) is 1. The Morgan fingerprint density at radius 1 is 1.40 bits per heavy atom. The number of likely N-dealkylation sites (tertiary alicyclic amines) is 1. The van der Waals surface area contributed by atoms with Crippen LogP contribution in [0.5, 0.6) is 0 Å². The summed E-state index contributed by atoms with van der Waals surface area (Å²) in [5, 5.41) is 2.73. The van der Waals surface area contributed by atoms with Crippen LogP contribution >= 0.6 is 22.6 Å². The molecule has 1 aliphatic heterocycles. The van der Waals surface area contributed by atoms with Gasteiger partial charge < -0.3 is 15.0 Å². The van der Waals surface area contributed by atoms with Crippen LogP contribution in [0.25, 0.3) is 0 Å². The fourth-order valence-corrected chi connectivity index (χ4v) is 1.65. The van der Waals surface area contributed by atoms with Gasteiger partial charge in [-0.25, -0.2) is 4.79 Å². The SMILES string of the molecule is CC(C)(C)OC(=O)N1CC(NC(=O)I)C1. The Morgan fingerprint density at radius 3 is 2.33 bits per heavy atom. The van der Waals surface area contributed by atoms with Gasteiger partial charge in [-0.05, 0) is 20.8 Å². The molecule has 1 N–H and O–H groups in total. The average Bonchev–Trinajstić information content (AvgIpc) is 1.91. The number of halogens is 1. The van der Waals surface area contributed by atoms with E-state index in [0.29, 0.717) is 13.1 Å². The lowest BCUT2D eigenvalue weighted by Crippen LogP contribution is -2.60. The molecule has 0 spiro atoms. The summed E-state index contributed by atoms with van der Waals surface area (Å²) < 4.78 is 5.07. The number of amides is 2. The van der Waals surface area contributed by atoms with Gasteiger partial charge in [0.15, 0.2) is 0 Å². The smallest absolute Gasteiger partial charge is 0.410 e. The molecule has 0 unspecified atom stereocenters. The highest BCUT2D eigenvalue weighted by atomic mass is 127. The van der Waals surface area contributed by atoms with E-state index in [0.717, 1.165) is 0 Å². The van der Waals surface area contributed by atoms with Gasteiger partial charge in [-0.1, -0.05) is 0 Å². The molecule has 1 rings (SSSR count). The number of rotatable bonds is 1. The van der Waals surface area contributed by atoms with Crippen LogP contribution in [0.15, 0.2) is 0 Å². The molecule has 2 amide bonds. The lowest BCUT2D eigenvalue weighted by atomic mass is 10.1. The molecule has 1 saturated heterocycles. The van der Waals surface area contributed by atoms with Gasteiger partial charge in [0.1, 0.15) is 5.60 Å². The van der Waals surface area contributed by atoms with Crippen LogP contribution in [0, 0.1) is 0 Å². The maximum absolute atomic E-state index is 11.5. The van der Waals surface area contributed by atoms with Crippen LogP contribution in [0.4, 0.5) is 9.59 Å². The Hall–Kier alpha value is -0.530. The molecule has 0 aromatic rings. The summed E-state index contributed by atoms with van der Waals surface area (Å²) in [4.78, 5) is 23.7. The van der Waals surface area contributed by atoms with Crippen molar-refractivity contribution in [2.24, 2.45) is 0 Å². The molecule has 1 fully saturated rings. The molecule has 0 aromatic carbocycles. The molecule has 1 aliphatic rings. The molecule has 15 heavy (non-hydrogen) atoms. The maximum Gasteiger partial charge on any atom is 0.410 e. The Balaban J connectivity index is 2.27. The highest BCUT2D eigenvalue weighted by Crippen LogP contribution is 2.15. The van der Waals surface area contributed by atoms with Crippen LogP contribution in [-0.4, -0.2) is 39.6 Å². The second-order valence-electron chi connectivity index (χ2n) is 4.50. The quantitative estimate of drug-likeness (QED) is 0.454. The standard InChI is InChI=1S/C9H15IN2O3/c1-9(2,3)15-8(14)12-4-6(5-12)11-7(10)13/h6H,4-5H2,1-3H3,(H,11,13). The zero-order valence-electron chi connectivity index (χ0n) is 9.04. The molecule has 0 aliphatic carbocycles. The van der Waals surface area contributed by atoms with Gasteiger partial charge >= 0.3 is 6.09 Å². The summed E-state index contributed by atoms with van der Waals surface area (Å²) >= 11 is 1.68. The normalized spacial score (nSPS) is 16.9. The Labute approximate surface area is 103 Å². The summed E-state index contributed by atoms with van der Waals surface area (Å²) in [5.41, 5.74) is -0.464.